The molecule has 2 fully saturated rings. The normalized spacial score (nSPS) is 27.9. The minimum absolute atomic E-state index is 0.192. The highest BCUT2D eigenvalue weighted by atomic mass is 16.3. The third kappa shape index (κ3) is 4.46. The number of nitrogens with one attached hydrogen (secondary N) is 2. The molecule has 5 heteroatoms. The Kier molecular flexibility index (Phi) is 5.84. The number of carbonyl (C=O) groups is 1. The Balaban J connectivity index is 1.46. The number of piperazine rings is 1. The molecule has 2 aliphatic rings. The Morgan fingerprint density at radius 1 is 1.24 bits per heavy atom. The maximum absolute atomic E-state index is 12.5. The minimum Gasteiger partial charge on any atom is -0.506 e. The van der Waals surface area contributed by atoms with Gasteiger partial charge in [0.1, 0.15) is 5.75 Å². The van der Waals surface area contributed by atoms with E-state index in [1.54, 1.807) is 6.07 Å². The van der Waals surface area contributed by atoms with Gasteiger partial charge in [0.05, 0.1) is 31.9 Å². The van der Waals surface area contributed by atoms with Crippen molar-refractivity contribution in [2.75, 3.05) is 37.6 Å². The van der Waals surface area contributed by atoms with Crippen molar-refractivity contribution in [3.63, 3.8) is 0 Å². The number of rotatable bonds is 4. The first-order chi connectivity index (χ1) is 12.0. The molecule has 3 rings (SSSR count). The standard InChI is InChI=1S/C20H31N3O2/c1-15-6-5-7-17(16(15)2)21-20(25)14-22-10-12-23(13-11-22)18-8-3-4-9-19(18)24/h3-4,8-9,15-17,24H,5-7,10-14H2,1-2H3,(H,21,25)/p+1/t15-,16-,17-/m1/s1. The summed E-state index contributed by atoms with van der Waals surface area (Å²) in [6.07, 6.45) is 3.63. The Hall–Kier alpha value is -1.75. The van der Waals surface area contributed by atoms with E-state index in [-0.39, 0.29) is 5.91 Å². The number of amides is 1. The predicted molar refractivity (Wildman–Crippen MR) is 100.0 cm³/mol. The van der Waals surface area contributed by atoms with E-state index in [9.17, 15) is 9.90 Å². The number of aromatic hydroxyl groups is 1. The number of benzene rings is 1. The van der Waals surface area contributed by atoms with Crippen LogP contribution in [0.1, 0.15) is 33.1 Å². The summed E-state index contributed by atoms with van der Waals surface area (Å²) in [5.41, 5.74) is 0.899. The highest BCUT2D eigenvalue weighted by molar-refractivity contribution is 5.77. The summed E-state index contributed by atoms with van der Waals surface area (Å²) in [7, 11) is 0. The number of phenolic OH excluding ortho intramolecular Hbond substituents is 1. The van der Waals surface area contributed by atoms with E-state index in [4.69, 9.17) is 0 Å². The van der Waals surface area contributed by atoms with Gasteiger partial charge in [-0.15, -0.1) is 0 Å². The fraction of sp³-hybridized carbons (Fsp3) is 0.650. The maximum Gasteiger partial charge on any atom is 0.275 e. The van der Waals surface area contributed by atoms with Crippen LogP contribution in [0.4, 0.5) is 5.69 Å². The first kappa shape index (κ1) is 18.1. The number of hydrogen-bond acceptors (Lipinski definition) is 3. The zero-order valence-corrected chi connectivity index (χ0v) is 15.5. The molecule has 1 saturated heterocycles. The molecular weight excluding hydrogens is 314 g/mol. The first-order valence-corrected chi connectivity index (χ1v) is 9.70. The monoisotopic (exact) mass is 346 g/mol. The summed E-state index contributed by atoms with van der Waals surface area (Å²) >= 11 is 0. The summed E-state index contributed by atoms with van der Waals surface area (Å²) < 4.78 is 0. The van der Waals surface area contributed by atoms with Crippen LogP contribution in [-0.4, -0.2) is 49.8 Å². The van der Waals surface area contributed by atoms with Gasteiger partial charge >= 0.3 is 0 Å². The smallest absolute Gasteiger partial charge is 0.275 e. The third-order valence-corrected chi connectivity index (χ3v) is 6.16. The van der Waals surface area contributed by atoms with Crippen LogP contribution in [0.5, 0.6) is 5.75 Å². The molecule has 1 aliphatic heterocycles. The summed E-state index contributed by atoms with van der Waals surface area (Å²) in [6, 6.07) is 7.83. The Morgan fingerprint density at radius 3 is 2.68 bits per heavy atom. The highest BCUT2D eigenvalue weighted by Gasteiger charge is 2.30. The lowest BCUT2D eigenvalue weighted by molar-refractivity contribution is -0.892. The highest BCUT2D eigenvalue weighted by Crippen LogP contribution is 2.29. The lowest BCUT2D eigenvalue weighted by Crippen LogP contribution is -3.16. The van der Waals surface area contributed by atoms with Crippen LogP contribution < -0.4 is 15.1 Å². The van der Waals surface area contributed by atoms with Crippen LogP contribution in [0.3, 0.4) is 0 Å². The number of hydrogen-bond donors (Lipinski definition) is 3. The summed E-state index contributed by atoms with van der Waals surface area (Å²) in [5, 5.41) is 13.3. The van der Waals surface area contributed by atoms with Gasteiger partial charge in [-0.1, -0.05) is 38.8 Å². The van der Waals surface area contributed by atoms with Gasteiger partial charge in [-0.2, -0.15) is 0 Å². The SMILES string of the molecule is C[C@@H]1[C@H](C)CCC[C@H]1NC(=O)C[NH+]1CCN(c2ccccc2O)CC1. The molecule has 0 aromatic heterocycles. The Bertz CT molecular complexity index is 584. The van der Waals surface area contributed by atoms with E-state index >= 15 is 0 Å². The van der Waals surface area contributed by atoms with Crippen LogP contribution in [0, 0.1) is 11.8 Å². The number of anilines is 1. The van der Waals surface area contributed by atoms with E-state index in [1.807, 2.05) is 18.2 Å². The van der Waals surface area contributed by atoms with E-state index in [0.29, 0.717) is 30.2 Å². The molecular formula is C20H32N3O2+. The molecule has 25 heavy (non-hydrogen) atoms. The van der Waals surface area contributed by atoms with E-state index in [0.717, 1.165) is 38.3 Å². The van der Waals surface area contributed by atoms with Gasteiger partial charge in [0.2, 0.25) is 0 Å². The van der Waals surface area contributed by atoms with Crippen LogP contribution in [-0.2, 0) is 4.79 Å². The van der Waals surface area contributed by atoms with Gasteiger partial charge in [-0.3, -0.25) is 4.79 Å². The van der Waals surface area contributed by atoms with E-state index in [1.165, 1.54) is 17.7 Å². The second kappa shape index (κ2) is 8.09. The number of quaternary nitrogens is 1. The predicted octanol–water partition coefficient (Wildman–Crippen LogP) is 1.04. The summed E-state index contributed by atoms with van der Waals surface area (Å²) in [6.45, 7) is 8.73. The molecule has 1 saturated carbocycles. The number of para-hydroxylation sites is 2. The quantitative estimate of drug-likeness (QED) is 0.763. The molecule has 0 unspecified atom stereocenters. The largest absolute Gasteiger partial charge is 0.506 e. The lowest BCUT2D eigenvalue weighted by Gasteiger charge is -2.36. The zero-order valence-electron chi connectivity index (χ0n) is 15.5. The fourth-order valence-corrected chi connectivity index (χ4v) is 4.24. The van der Waals surface area contributed by atoms with Crippen LogP contribution >= 0.6 is 0 Å². The van der Waals surface area contributed by atoms with Crippen LogP contribution in [0.15, 0.2) is 24.3 Å². The number of carbonyl (C=O) groups excluding carboxylic acids is 1. The molecule has 3 N–H and O–H groups in total. The Morgan fingerprint density at radius 2 is 1.96 bits per heavy atom. The van der Waals surface area contributed by atoms with Gasteiger partial charge in [-0.05, 0) is 30.4 Å². The average molecular weight is 346 g/mol. The number of nitrogens with zero attached hydrogens (tertiary/aromatic N) is 1. The van der Waals surface area contributed by atoms with Gasteiger partial charge in [0.15, 0.2) is 6.54 Å². The molecule has 1 aromatic carbocycles. The lowest BCUT2D eigenvalue weighted by atomic mass is 9.78. The number of phenols is 1. The molecule has 1 aliphatic carbocycles. The van der Waals surface area contributed by atoms with Crippen molar-refractivity contribution in [2.24, 2.45) is 11.8 Å². The van der Waals surface area contributed by atoms with Crippen LogP contribution in [0.2, 0.25) is 0 Å². The second-order valence-electron chi connectivity index (χ2n) is 7.84. The van der Waals surface area contributed by atoms with Crippen molar-refractivity contribution in [3.05, 3.63) is 24.3 Å². The van der Waals surface area contributed by atoms with E-state index < -0.39 is 0 Å². The molecule has 1 aromatic rings. The van der Waals surface area contributed by atoms with Gasteiger partial charge < -0.3 is 20.2 Å². The zero-order chi connectivity index (χ0) is 17.8. The molecule has 3 atom stereocenters. The molecule has 5 nitrogen and oxygen atoms in total. The van der Waals surface area contributed by atoms with Crippen molar-refractivity contribution in [1.82, 2.24) is 5.32 Å². The fourth-order valence-electron chi connectivity index (χ4n) is 4.24. The maximum atomic E-state index is 12.5. The molecule has 138 valence electrons. The van der Waals surface area contributed by atoms with Crippen LogP contribution in [0.25, 0.3) is 0 Å². The van der Waals surface area contributed by atoms with Crippen molar-refractivity contribution >= 4 is 11.6 Å². The Labute approximate surface area is 151 Å². The topological polar surface area (TPSA) is 57.0 Å². The average Bonchev–Trinajstić information content (AvgIpc) is 2.60. The summed E-state index contributed by atoms with van der Waals surface area (Å²) in [5.74, 6) is 1.81. The van der Waals surface area contributed by atoms with Crippen molar-refractivity contribution < 1.29 is 14.8 Å². The van der Waals surface area contributed by atoms with Gasteiger partial charge in [-0.25, -0.2) is 0 Å². The van der Waals surface area contributed by atoms with Crippen molar-refractivity contribution in [3.8, 4) is 5.75 Å². The summed E-state index contributed by atoms with van der Waals surface area (Å²) in [4.78, 5) is 16.0. The van der Waals surface area contributed by atoms with Gasteiger partial charge in [0, 0.05) is 6.04 Å². The molecule has 1 amide bonds. The van der Waals surface area contributed by atoms with Crippen molar-refractivity contribution in [1.29, 1.82) is 0 Å². The van der Waals surface area contributed by atoms with Crippen molar-refractivity contribution in [2.45, 2.75) is 39.2 Å². The molecule has 0 radical (unpaired) electrons. The van der Waals surface area contributed by atoms with Gasteiger partial charge in [0.25, 0.3) is 5.91 Å². The minimum atomic E-state index is 0.192. The van der Waals surface area contributed by atoms with E-state index in [2.05, 4.69) is 24.1 Å². The molecule has 1 heterocycles. The second-order valence-corrected chi connectivity index (χ2v) is 7.84. The molecule has 0 bridgehead atoms. The first-order valence-electron chi connectivity index (χ1n) is 9.70. The third-order valence-electron chi connectivity index (χ3n) is 6.16. The molecule has 0 spiro atoms.